The number of rotatable bonds is 6. The summed E-state index contributed by atoms with van der Waals surface area (Å²) in [6.07, 6.45) is 1.32. The van der Waals surface area contributed by atoms with Crippen molar-refractivity contribution < 1.29 is 14.7 Å². The van der Waals surface area contributed by atoms with Crippen molar-refractivity contribution in [3.05, 3.63) is 0 Å². The Morgan fingerprint density at radius 1 is 1.47 bits per heavy atom. The predicted octanol–water partition coefficient (Wildman–Crippen LogP) is 0.483. The summed E-state index contributed by atoms with van der Waals surface area (Å²) in [4.78, 5) is 22.0. The van der Waals surface area contributed by atoms with E-state index in [-0.39, 0.29) is 12.3 Å². The normalized spacial score (nSPS) is 13.3. The summed E-state index contributed by atoms with van der Waals surface area (Å²) in [6, 6.07) is -0.553. The molecule has 0 saturated heterocycles. The van der Waals surface area contributed by atoms with Gasteiger partial charge in [0.25, 0.3) is 0 Å². The first-order valence-electron chi connectivity index (χ1n) is 5.08. The molecule has 1 atom stereocenters. The maximum atomic E-state index is 11.5. The first kappa shape index (κ1) is 13.9. The zero-order valence-corrected chi connectivity index (χ0v) is 9.54. The second-order valence-corrected chi connectivity index (χ2v) is 4.34. The van der Waals surface area contributed by atoms with Crippen molar-refractivity contribution in [1.82, 2.24) is 5.32 Å². The van der Waals surface area contributed by atoms with Gasteiger partial charge in [-0.3, -0.25) is 9.59 Å². The molecule has 0 aliphatic carbocycles. The Morgan fingerprint density at radius 3 is 2.40 bits per heavy atom. The lowest BCUT2D eigenvalue weighted by Crippen LogP contribution is -2.51. The summed E-state index contributed by atoms with van der Waals surface area (Å²) in [5.41, 5.74) is 4.85. The molecule has 5 heteroatoms. The third kappa shape index (κ3) is 6.06. The molecule has 0 aromatic heterocycles. The first-order chi connectivity index (χ1) is 6.78. The molecular formula is C10H20N2O3. The molecule has 0 aliphatic rings. The SMILES string of the molecule is CCCC(N)C(=O)NC(C)(C)CC(=O)O. The van der Waals surface area contributed by atoms with Gasteiger partial charge in [0.2, 0.25) is 5.91 Å². The lowest BCUT2D eigenvalue weighted by Gasteiger charge is -2.26. The van der Waals surface area contributed by atoms with Crippen LogP contribution in [0.25, 0.3) is 0 Å². The first-order valence-corrected chi connectivity index (χ1v) is 5.08. The van der Waals surface area contributed by atoms with E-state index < -0.39 is 17.6 Å². The van der Waals surface area contributed by atoms with Crippen LogP contribution in [0.4, 0.5) is 0 Å². The Morgan fingerprint density at radius 2 is 2.00 bits per heavy atom. The number of carboxylic acid groups (broad SMARTS) is 1. The molecule has 88 valence electrons. The molecule has 1 amide bonds. The quantitative estimate of drug-likeness (QED) is 0.602. The second-order valence-electron chi connectivity index (χ2n) is 4.34. The fourth-order valence-corrected chi connectivity index (χ4v) is 1.29. The van der Waals surface area contributed by atoms with Crippen LogP contribution in [0.2, 0.25) is 0 Å². The van der Waals surface area contributed by atoms with Gasteiger partial charge in [0.05, 0.1) is 12.5 Å². The van der Waals surface area contributed by atoms with Crippen molar-refractivity contribution in [3.63, 3.8) is 0 Å². The van der Waals surface area contributed by atoms with Crippen molar-refractivity contribution in [1.29, 1.82) is 0 Å². The van der Waals surface area contributed by atoms with Gasteiger partial charge in [-0.15, -0.1) is 0 Å². The maximum absolute atomic E-state index is 11.5. The van der Waals surface area contributed by atoms with Gasteiger partial charge in [-0.1, -0.05) is 13.3 Å². The van der Waals surface area contributed by atoms with Crippen LogP contribution in [0.3, 0.4) is 0 Å². The van der Waals surface area contributed by atoms with E-state index in [9.17, 15) is 9.59 Å². The average molecular weight is 216 g/mol. The zero-order valence-electron chi connectivity index (χ0n) is 9.54. The minimum absolute atomic E-state index is 0.114. The summed E-state index contributed by atoms with van der Waals surface area (Å²) < 4.78 is 0. The number of hydrogen-bond acceptors (Lipinski definition) is 3. The fraction of sp³-hybridized carbons (Fsp3) is 0.800. The summed E-state index contributed by atoms with van der Waals surface area (Å²) in [7, 11) is 0. The summed E-state index contributed by atoms with van der Waals surface area (Å²) in [6.45, 7) is 5.27. The van der Waals surface area contributed by atoms with Crippen LogP contribution in [0, 0.1) is 0 Å². The van der Waals surface area contributed by atoms with Gasteiger partial charge in [-0.25, -0.2) is 0 Å². The number of carbonyl (C=O) groups is 2. The monoisotopic (exact) mass is 216 g/mol. The van der Waals surface area contributed by atoms with Gasteiger partial charge in [0, 0.05) is 5.54 Å². The highest BCUT2D eigenvalue weighted by Crippen LogP contribution is 2.08. The third-order valence-electron chi connectivity index (χ3n) is 1.99. The van der Waals surface area contributed by atoms with Crippen molar-refractivity contribution >= 4 is 11.9 Å². The number of aliphatic carboxylic acids is 1. The highest BCUT2D eigenvalue weighted by Gasteiger charge is 2.25. The van der Waals surface area contributed by atoms with Gasteiger partial charge in [-0.05, 0) is 20.3 Å². The Kier molecular flexibility index (Phi) is 5.28. The lowest BCUT2D eigenvalue weighted by atomic mass is 10.00. The van der Waals surface area contributed by atoms with E-state index in [1.54, 1.807) is 13.8 Å². The second kappa shape index (κ2) is 5.70. The topological polar surface area (TPSA) is 92.4 Å². The number of hydrogen-bond donors (Lipinski definition) is 3. The fourth-order valence-electron chi connectivity index (χ4n) is 1.29. The van der Waals surface area contributed by atoms with Gasteiger partial charge >= 0.3 is 5.97 Å². The number of carboxylic acids is 1. The lowest BCUT2D eigenvalue weighted by molar-refractivity contribution is -0.138. The van der Waals surface area contributed by atoms with Crippen molar-refractivity contribution in [2.75, 3.05) is 0 Å². The number of nitrogens with one attached hydrogen (secondary N) is 1. The van der Waals surface area contributed by atoms with Crippen molar-refractivity contribution in [2.45, 2.75) is 51.6 Å². The highest BCUT2D eigenvalue weighted by molar-refractivity contribution is 5.82. The Hall–Kier alpha value is -1.10. The molecule has 0 heterocycles. The van der Waals surface area contributed by atoms with Crippen LogP contribution in [0.15, 0.2) is 0 Å². The molecule has 0 radical (unpaired) electrons. The largest absolute Gasteiger partial charge is 0.481 e. The molecule has 0 bridgehead atoms. The Balaban J connectivity index is 4.20. The zero-order chi connectivity index (χ0) is 12.1. The van der Waals surface area contributed by atoms with Crippen LogP contribution in [0.5, 0.6) is 0 Å². The molecule has 0 aliphatic heterocycles. The molecule has 0 aromatic rings. The minimum atomic E-state index is -0.940. The van der Waals surface area contributed by atoms with Crippen molar-refractivity contribution in [3.8, 4) is 0 Å². The standard InChI is InChI=1S/C10H20N2O3/c1-4-5-7(11)9(15)12-10(2,3)6-8(13)14/h7H,4-6,11H2,1-3H3,(H,12,15)(H,13,14). The molecule has 15 heavy (non-hydrogen) atoms. The summed E-state index contributed by atoms with van der Waals surface area (Å²) in [5, 5.41) is 11.2. The van der Waals surface area contributed by atoms with Crippen LogP contribution >= 0.6 is 0 Å². The van der Waals surface area contributed by atoms with E-state index in [1.807, 2.05) is 6.92 Å². The van der Waals surface area contributed by atoms with Crippen LogP contribution in [0.1, 0.15) is 40.0 Å². The van der Waals surface area contributed by atoms with Crippen LogP contribution < -0.4 is 11.1 Å². The van der Waals surface area contributed by atoms with E-state index in [0.717, 1.165) is 6.42 Å². The molecule has 0 rings (SSSR count). The number of nitrogens with two attached hydrogens (primary N) is 1. The average Bonchev–Trinajstić information content (AvgIpc) is 2.00. The van der Waals surface area contributed by atoms with E-state index in [2.05, 4.69) is 5.32 Å². The van der Waals surface area contributed by atoms with Gasteiger partial charge in [0.15, 0.2) is 0 Å². The predicted molar refractivity (Wildman–Crippen MR) is 57.4 cm³/mol. The number of amides is 1. The van der Waals surface area contributed by atoms with Crippen molar-refractivity contribution in [2.24, 2.45) is 5.73 Å². The Labute approximate surface area is 90.0 Å². The highest BCUT2D eigenvalue weighted by atomic mass is 16.4. The van der Waals surface area contributed by atoms with E-state index >= 15 is 0 Å². The molecule has 5 nitrogen and oxygen atoms in total. The molecule has 0 spiro atoms. The minimum Gasteiger partial charge on any atom is -0.481 e. The van der Waals surface area contributed by atoms with E-state index in [0.29, 0.717) is 6.42 Å². The molecule has 0 fully saturated rings. The maximum Gasteiger partial charge on any atom is 0.305 e. The number of carbonyl (C=O) groups excluding carboxylic acids is 1. The third-order valence-corrected chi connectivity index (χ3v) is 1.99. The molecule has 0 saturated carbocycles. The molecular weight excluding hydrogens is 196 g/mol. The smallest absolute Gasteiger partial charge is 0.305 e. The molecule has 4 N–H and O–H groups in total. The van der Waals surface area contributed by atoms with Gasteiger partial charge < -0.3 is 16.2 Å². The molecule has 0 aromatic carbocycles. The molecule has 1 unspecified atom stereocenters. The van der Waals surface area contributed by atoms with E-state index in [1.165, 1.54) is 0 Å². The van der Waals surface area contributed by atoms with Crippen LogP contribution in [-0.4, -0.2) is 28.6 Å². The summed E-state index contributed by atoms with van der Waals surface area (Å²) in [5.74, 6) is -1.23. The van der Waals surface area contributed by atoms with Gasteiger partial charge in [-0.2, -0.15) is 0 Å². The van der Waals surface area contributed by atoms with Crippen LogP contribution in [-0.2, 0) is 9.59 Å². The van der Waals surface area contributed by atoms with E-state index in [4.69, 9.17) is 10.8 Å². The van der Waals surface area contributed by atoms with Gasteiger partial charge in [0.1, 0.15) is 0 Å². The summed E-state index contributed by atoms with van der Waals surface area (Å²) >= 11 is 0. The Bertz CT molecular complexity index is 239.